The van der Waals surface area contributed by atoms with Crippen molar-refractivity contribution >= 4 is 22.6 Å². The van der Waals surface area contributed by atoms with Gasteiger partial charge in [-0.2, -0.15) is 14.6 Å². The van der Waals surface area contributed by atoms with Gasteiger partial charge in [-0.1, -0.05) is 6.07 Å². The molecule has 0 saturated carbocycles. The molecule has 8 nitrogen and oxygen atoms in total. The van der Waals surface area contributed by atoms with Crippen LogP contribution in [0.5, 0.6) is 0 Å². The number of hydrogen-bond donors (Lipinski definition) is 1. The minimum atomic E-state index is 0.420. The van der Waals surface area contributed by atoms with Crippen LogP contribution in [0.4, 0.5) is 5.82 Å². The van der Waals surface area contributed by atoms with Crippen molar-refractivity contribution in [3.63, 3.8) is 0 Å². The van der Waals surface area contributed by atoms with E-state index in [-0.39, 0.29) is 0 Å². The second-order valence-electron chi connectivity index (χ2n) is 5.97. The third-order valence-electron chi connectivity index (χ3n) is 4.15. The number of nitrogens with one attached hydrogen (secondary N) is 1. The van der Waals surface area contributed by atoms with E-state index in [9.17, 15) is 0 Å². The molecule has 0 spiro atoms. The van der Waals surface area contributed by atoms with E-state index in [4.69, 9.17) is 9.72 Å². The van der Waals surface area contributed by atoms with E-state index in [2.05, 4.69) is 50.1 Å². The summed E-state index contributed by atoms with van der Waals surface area (Å²) < 4.78 is 8.94. The number of imidazole rings is 1. The highest BCUT2D eigenvalue weighted by Crippen LogP contribution is 2.18. The molecule has 25 heavy (non-hydrogen) atoms. The number of rotatable bonds is 5. The molecule has 8 heteroatoms. The number of fused-ring (bicyclic) bond motifs is 2. The quantitative estimate of drug-likeness (QED) is 0.600. The Morgan fingerprint density at radius 2 is 2.08 bits per heavy atom. The lowest BCUT2D eigenvalue weighted by Gasteiger charge is -2.09. The monoisotopic (exact) mass is 337 g/mol. The van der Waals surface area contributed by atoms with E-state index in [1.54, 1.807) is 11.6 Å². The molecule has 1 aromatic carbocycles. The maximum atomic E-state index is 5.18. The van der Waals surface area contributed by atoms with Crippen molar-refractivity contribution < 1.29 is 4.74 Å². The molecule has 0 bridgehead atoms. The van der Waals surface area contributed by atoms with Crippen molar-refractivity contribution in [3.05, 3.63) is 47.7 Å². The van der Waals surface area contributed by atoms with Gasteiger partial charge >= 0.3 is 0 Å². The molecule has 1 N–H and O–H groups in total. The Morgan fingerprint density at radius 1 is 1.20 bits per heavy atom. The molecule has 0 aliphatic heterocycles. The Bertz CT molecular complexity index is 1050. The van der Waals surface area contributed by atoms with Crippen LogP contribution in [0, 0.1) is 6.92 Å². The van der Waals surface area contributed by atoms with Crippen molar-refractivity contribution in [1.29, 1.82) is 0 Å². The van der Waals surface area contributed by atoms with Gasteiger partial charge in [0, 0.05) is 20.2 Å². The highest BCUT2D eigenvalue weighted by atomic mass is 16.5. The molecule has 0 amide bonds. The van der Waals surface area contributed by atoms with Gasteiger partial charge in [0.05, 0.1) is 29.9 Å². The van der Waals surface area contributed by atoms with Gasteiger partial charge in [0.2, 0.25) is 0 Å². The maximum Gasteiger partial charge on any atom is 0.254 e. The standard InChI is InChI=1S/C17H19N7O/c1-11-4-5-14-13(6-11)22-16(23(14)2)8-18-15-7-12(9-25-3)21-17-19-10-20-24(15)17/h4-7,10,18H,8-9H2,1-3H3. The summed E-state index contributed by atoms with van der Waals surface area (Å²) in [5.74, 6) is 2.29. The first-order valence-corrected chi connectivity index (χ1v) is 8.00. The molecule has 0 fully saturated rings. The van der Waals surface area contributed by atoms with E-state index in [0.717, 1.165) is 28.4 Å². The van der Waals surface area contributed by atoms with Crippen molar-refractivity contribution in [2.45, 2.75) is 20.1 Å². The second-order valence-corrected chi connectivity index (χ2v) is 5.97. The molecule has 0 atom stereocenters. The molecular weight excluding hydrogens is 318 g/mol. The van der Waals surface area contributed by atoms with Crippen LogP contribution < -0.4 is 5.32 Å². The predicted octanol–water partition coefficient (Wildman–Crippen LogP) is 2.08. The largest absolute Gasteiger partial charge is 0.378 e. The van der Waals surface area contributed by atoms with Gasteiger partial charge < -0.3 is 14.6 Å². The van der Waals surface area contributed by atoms with Crippen molar-refractivity contribution in [3.8, 4) is 0 Å². The van der Waals surface area contributed by atoms with Crippen molar-refractivity contribution in [1.82, 2.24) is 29.1 Å². The molecule has 0 aliphatic rings. The summed E-state index contributed by atoms with van der Waals surface area (Å²) >= 11 is 0. The molecule has 0 unspecified atom stereocenters. The summed E-state index contributed by atoms with van der Waals surface area (Å²) in [5, 5.41) is 7.61. The van der Waals surface area contributed by atoms with Gasteiger partial charge in [0.15, 0.2) is 0 Å². The van der Waals surface area contributed by atoms with Crippen LogP contribution in [-0.4, -0.2) is 36.2 Å². The van der Waals surface area contributed by atoms with Crippen LogP contribution in [0.25, 0.3) is 16.8 Å². The molecular formula is C17H19N7O. The minimum absolute atomic E-state index is 0.420. The second kappa shape index (κ2) is 6.14. The fourth-order valence-corrected chi connectivity index (χ4v) is 2.90. The molecule has 0 aliphatic carbocycles. The number of aryl methyl sites for hydroxylation is 2. The van der Waals surface area contributed by atoms with Crippen LogP contribution in [0.2, 0.25) is 0 Å². The zero-order valence-electron chi connectivity index (χ0n) is 14.4. The zero-order valence-corrected chi connectivity index (χ0v) is 14.4. The zero-order chi connectivity index (χ0) is 17.4. The number of methoxy groups -OCH3 is 1. The lowest BCUT2D eigenvalue weighted by Crippen LogP contribution is -2.11. The first kappa shape index (κ1) is 15.5. The average molecular weight is 337 g/mol. The molecule has 4 aromatic rings. The third kappa shape index (κ3) is 2.80. The highest BCUT2D eigenvalue weighted by Gasteiger charge is 2.11. The third-order valence-corrected chi connectivity index (χ3v) is 4.15. The van der Waals surface area contributed by atoms with Gasteiger partial charge in [-0.3, -0.25) is 0 Å². The van der Waals surface area contributed by atoms with Gasteiger partial charge in [-0.25, -0.2) is 9.97 Å². The van der Waals surface area contributed by atoms with Crippen LogP contribution >= 0.6 is 0 Å². The summed E-state index contributed by atoms with van der Waals surface area (Å²) in [6, 6.07) is 8.20. The molecule has 3 aromatic heterocycles. The SMILES string of the molecule is COCc1cc(NCc2nc3cc(C)ccc3n2C)n2ncnc2n1. The highest BCUT2D eigenvalue weighted by molar-refractivity contribution is 5.76. The summed E-state index contributed by atoms with van der Waals surface area (Å²) in [4.78, 5) is 13.3. The maximum absolute atomic E-state index is 5.18. The molecule has 3 heterocycles. The van der Waals surface area contributed by atoms with E-state index >= 15 is 0 Å². The number of ether oxygens (including phenoxy) is 1. The summed E-state index contributed by atoms with van der Waals surface area (Å²) in [7, 11) is 3.67. The van der Waals surface area contributed by atoms with Crippen LogP contribution in [0.3, 0.4) is 0 Å². The fraction of sp³-hybridized carbons (Fsp3) is 0.294. The summed E-state index contributed by atoms with van der Waals surface area (Å²) in [5.41, 5.74) is 4.11. The van der Waals surface area contributed by atoms with Crippen LogP contribution in [0.1, 0.15) is 17.1 Å². The lowest BCUT2D eigenvalue weighted by molar-refractivity contribution is 0.181. The Balaban J connectivity index is 1.66. The normalized spacial score (nSPS) is 11.5. The van der Waals surface area contributed by atoms with Gasteiger partial charge in [0.1, 0.15) is 18.0 Å². The number of hydrogen-bond acceptors (Lipinski definition) is 6. The van der Waals surface area contributed by atoms with E-state index in [1.165, 1.54) is 11.9 Å². The first-order valence-electron chi connectivity index (χ1n) is 8.00. The Morgan fingerprint density at radius 3 is 2.92 bits per heavy atom. The van der Waals surface area contributed by atoms with E-state index in [0.29, 0.717) is 18.9 Å². The minimum Gasteiger partial charge on any atom is -0.378 e. The van der Waals surface area contributed by atoms with Crippen LogP contribution in [0.15, 0.2) is 30.6 Å². The number of nitrogens with zero attached hydrogens (tertiary/aromatic N) is 6. The van der Waals surface area contributed by atoms with Gasteiger partial charge in [-0.15, -0.1) is 0 Å². The van der Waals surface area contributed by atoms with E-state index in [1.807, 2.05) is 13.1 Å². The lowest BCUT2D eigenvalue weighted by atomic mass is 10.2. The number of anilines is 1. The summed E-state index contributed by atoms with van der Waals surface area (Å²) in [6.45, 7) is 3.06. The predicted molar refractivity (Wildman–Crippen MR) is 94.3 cm³/mol. The van der Waals surface area contributed by atoms with Crippen molar-refractivity contribution in [2.24, 2.45) is 7.05 Å². The number of aromatic nitrogens is 6. The number of benzene rings is 1. The molecule has 128 valence electrons. The topological polar surface area (TPSA) is 82.2 Å². The first-order chi connectivity index (χ1) is 12.2. The average Bonchev–Trinajstić information content (AvgIpc) is 3.17. The fourth-order valence-electron chi connectivity index (χ4n) is 2.90. The molecule has 4 rings (SSSR count). The molecule has 0 radical (unpaired) electrons. The Kier molecular flexibility index (Phi) is 3.81. The van der Waals surface area contributed by atoms with Gasteiger partial charge in [0.25, 0.3) is 5.78 Å². The van der Waals surface area contributed by atoms with Crippen molar-refractivity contribution in [2.75, 3.05) is 12.4 Å². The summed E-state index contributed by atoms with van der Waals surface area (Å²) in [6.07, 6.45) is 1.49. The Hall–Kier alpha value is -3.00. The Labute approximate surface area is 144 Å². The van der Waals surface area contributed by atoms with E-state index < -0.39 is 0 Å². The van der Waals surface area contributed by atoms with Gasteiger partial charge in [-0.05, 0) is 24.6 Å². The molecule has 0 saturated heterocycles. The van der Waals surface area contributed by atoms with Crippen LogP contribution in [-0.2, 0) is 24.9 Å². The smallest absolute Gasteiger partial charge is 0.254 e.